The highest BCUT2D eigenvalue weighted by molar-refractivity contribution is 7.89. The lowest BCUT2D eigenvalue weighted by atomic mass is 10.3. The molecule has 0 spiro atoms. The fraction of sp³-hybridized carbons (Fsp3) is 0.300. The summed E-state index contributed by atoms with van der Waals surface area (Å²) < 4.78 is 23.9. The van der Waals surface area contributed by atoms with Crippen molar-refractivity contribution >= 4 is 33.0 Å². The molecule has 0 aliphatic heterocycles. The fourth-order valence-electron chi connectivity index (χ4n) is 1.39. The third kappa shape index (κ3) is 3.85. The Kier molecular flexibility index (Phi) is 4.16. The van der Waals surface area contributed by atoms with Gasteiger partial charge in [-0.25, -0.2) is 8.42 Å². The van der Waals surface area contributed by atoms with E-state index in [1.54, 1.807) is 0 Å². The average molecular weight is 316 g/mol. The summed E-state index contributed by atoms with van der Waals surface area (Å²) in [4.78, 5) is 11.8. The maximum atomic E-state index is 11.9. The molecule has 1 saturated carbocycles. The average Bonchev–Trinajstić information content (AvgIpc) is 3.20. The Balaban J connectivity index is 2.03. The molecule has 0 radical (unpaired) electrons. The van der Waals surface area contributed by atoms with Crippen molar-refractivity contribution in [3.8, 4) is 0 Å². The predicted molar refractivity (Wildman–Crippen MR) is 75.3 cm³/mol. The van der Waals surface area contributed by atoms with Crippen LogP contribution < -0.4 is 15.6 Å². The Labute approximate surface area is 120 Å². The number of benzene rings is 1. The molecule has 0 saturated heterocycles. The first kappa shape index (κ1) is 14.6. The lowest BCUT2D eigenvalue weighted by Gasteiger charge is -2.11. The Morgan fingerprint density at radius 1 is 1.40 bits per heavy atom. The van der Waals surface area contributed by atoms with Crippen LogP contribution in [0.15, 0.2) is 29.2 Å². The van der Waals surface area contributed by atoms with Crippen LogP contribution in [-0.4, -0.2) is 24.5 Å². The number of sulfonamides is 1. The largest absolute Gasteiger partial charge is 0.359 e. The summed E-state index contributed by atoms with van der Waals surface area (Å²) in [6, 6.07) is 5.03. The molecule has 1 aliphatic carbocycles. The third-order valence-electron chi connectivity index (χ3n) is 2.55. The second kappa shape index (κ2) is 5.69. The first-order valence-electron chi connectivity index (χ1n) is 5.71. The maximum absolute atomic E-state index is 11.9. The molecular weight excluding hydrogens is 304 g/mol. The molecule has 108 valence electrons. The molecule has 10 heteroatoms. The highest BCUT2D eigenvalue weighted by Crippen LogP contribution is 2.18. The van der Waals surface area contributed by atoms with Crippen LogP contribution in [0.5, 0.6) is 0 Å². The molecule has 0 heterocycles. The summed E-state index contributed by atoms with van der Waals surface area (Å²) in [5, 5.41) is 13.7. The number of rotatable bonds is 5. The van der Waals surface area contributed by atoms with E-state index in [2.05, 4.69) is 15.6 Å². The minimum atomic E-state index is -3.92. The number of non-ortho nitro benzene ring substituents is 1. The Morgan fingerprint density at radius 2 is 2.10 bits per heavy atom. The molecule has 0 unspecified atom stereocenters. The molecule has 20 heavy (non-hydrogen) atoms. The quantitative estimate of drug-likeness (QED) is 0.410. The number of nitrogens with one attached hydrogen (secondary N) is 3. The summed E-state index contributed by atoms with van der Waals surface area (Å²) in [5.74, 6) is 0. The van der Waals surface area contributed by atoms with Gasteiger partial charge in [0.05, 0.1) is 9.82 Å². The number of nitrogens with zero attached hydrogens (tertiary/aromatic N) is 1. The number of nitro groups is 1. The van der Waals surface area contributed by atoms with Crippen LogP contribution in [0.25, 0.3) is 0 Å². The summed E-state index contributed by atoms with van der Waals surface area (Å²) in [6.45, 7) is 0. The van der Waals surface area contributed by atoms with Crippen molar-refractivity contribution in [1.82, 2.24) is 15.6 Å². The zero-order chi connectivity index (χ0) is 14.8. The van der Waals surface area contributed by atoms with Crippen LogP contribution in [0, 0.1) is 10.1 Å². The van der Waals surface area contributed by atoms with Crippen molar-refractivity contribution in [2.24, 2.45) is 0 Å². The van der Waals surface area contributed by atoms with Gasteiger partial charge in [0, 0.05) is 18.2 Å². The Bertz CT molecular complexity index is 642. The first-order chi connectivity index (χ1) is 9.38. The molecule has 1 aromatic rings. The van der Waals surface area contributed by atoms with E-state index in [0.717, 1.165) is 18.9 Å². The topological polar surface area (TPSA) is 113 Å². The van der Waals surface area contributed by atoms with Gasteiger partial charge in [0.25, 0.3) is 15.7 Å². The Hall–Kier alpha value is -1.78. The van der Waals surface area contributed by atoms with E-state index >= 15 is 0 Å². The van der Waals surface area contributed by atoms with Gasteiger partial charge in [-0.05, 0) is 31.1 Å². The van der Waals surface area contributed by atoms with E-state index < -0.39 is 14.9 Å². The van der Waals surface area contributed by atoms with E-state index in [9.17, 15) is 18.5 Å². The standard InChI is InChI=1S/C10H12N4O4S2/c15-14(16)8-2-1-3-9(6-8)20(17,18)13-12-10(19)11-7-4-5-7/h1-3,6-7,13H,4-5H2,(H2,11,12,19). The number of thiocarbonyl (C=S) groups is 1. The molecule has 0 bridgehead atoms. The van der Waals surface area contributed by atoms with Gasteiger partial charge in [0.2, 0.25) is 0 Å². The monoisotopic (exact) mass is 316 g/mol. The molecule has 1 fully saturated rings. The van der Waals surface area contributed by atoms with Gasteiger partial charge in [-0.15, -0.1) is 4.83 Å². The van der Waals surface area contributed by atoms with Crippen LogP contribution in [0.2, 0.25) is 0 Å². The molecular formula is C10H12N4O4S2. The minimum Gasteiger partial charge on any atom is -0.359 e. The summed E-state index contributed by atoms with van der Waals surface area (Å²) in [5.41, 5.74) is 2.05. The summed E-state index contributed by atoms with van der Waals surface area (Å²) in [6.07, 6.45) is 2.00. The van der Waals surface area contributed by atoms with Gasteiger partial charge in [-0.3, -0.25) is 15.5 Å². The zero-order valence-corrected chi connectivity index (χ0v) is 11.8. The second-order valence-corrected chi connectivity index (χ2v) is 6.32. The summed E-state index contributed by atoms with van der Waals surface area (Å²) in [7, 11) is -3.92. The van der Waals surface area contributed by atoms with Gasteiger partial charge < -0.3 is 5.32 Å². The molecule has 1 aromatic carbocycles. The van der Waals surface area contributed by atoms with Crippen LogP contribution >= 0.6 is 12.2 Å². The van der Waals surface area contributed by atoms with Crippen molar-refractivity contribution in [2.75, 3.05) is 0 Å². The van der Waals surface area contributed by atoms with Gasteiger partial charge in [0.1, 0.15) is 0 Å². The van der Waals surface area contributed by atoms with Crippen molar-refractivity contribution in [3.63, 3.8) is 0 Å². The molecule has 0 aromatic heterocycles. The SMILES string of the molecule is O=[N+]([O-])c1cccc(S(=O)(=O)NNC(=S)NC2CC2)c1. The number of hydrazine groups is 1. The predicted octanol–water partition coefficient (Wildman–Crippen LogP) is 0.415. The molecule has 8 nitrogen and oxygen atoms in total. The van der Waals surface area contributed by atoms with E-state index in [-0.39, 0.29) is 21.7 Å². The highest BCUT2D eigenvalue weighted by atomic mass is 32.2. The minimum absolute atomic E-state index is 0.168. The zero-order valence-electron chi connectivity index (χ0n) is 10.2. The van der Waals surface area contributed by atoms with Crippen LogP contribution in [0.4, 0.5) is 5.69 Å². The second-order valence-electron chi connectivity index (χ2n) is 4.23. The molecule has 0 amide bonds. The lowest BCUT2D eigenvalue weighted by Crippen LogP contribution is -2.47. The van der Waals surface area contributed by atoms with Crippen LogP contribution in [0.1, 0.15) is 12.8 Å². The van der Waals surface area contributed by atoms with Crippen LogP contribution in [-0.2, 0) is 10.0 Å². The van der Waals surface area contributed by atoms with Crippen LogP contribution in [0.3, 0.4) is 0 Å². The van der Waals surface area contributed by atoms with Gasteiger partial charge in [-0.2, -0.15) is 0 Å². The fourth-order valence-corrected chi connectivity index (χ4v) is 2.56. The molecule has 2 rings (SSSR count). The first-order valence-corrected chi connectivity index (χ1v) is 7.60. The van der Waals surface area contributed by atoms with Crippen molar-refractivity contribution in [3.05, 3.63) is 34.4 Å². The van der Waals surface area contributed by atoms with E-state index in [1.165, 1.54) is 18.2 Å². The Morgan fingerprint density at radius 3 is 2.70 bits per heavy atom. The third-order valence-corrected chi connectivity index (χ3v) is 4.02. The maximum Gasteiger partial charge on any atom is 0.270 e. The number of hydrogen-bond donors (Lipinski definition) is 3. The number of nitro benzene ring substituents is 1. The summed E-state index contributed by atoms with van der Waals surface area (Å²) >= 11 is 4.90. The van der Waals surface area contributed by atoms with Gasteiger partial charge >= 0.3 is 0 Å². The highest BCUT2D eigenvalue weighted by Gasteiger charge is 2.23. The molecule has 3 N–H and O–H groups in total. The normalized spacial score (nSPS) is 14.6. The lowest BCUT2D eigenvalue weighted by molar-refractivity contribution is -0.385. The van der Waals surface area contributed by atoms with E-state index in [0.29, 0.717) is 0 Å². The van der Waals surface area contributed by atoms with Crippen molar-refractivity contribution in [2.45, 2.75) is 23.8 Å². The molecule has 1 aliphatic rings. The van der Waals surface area contributed by atoms with Crippen molar-refractivity contribution in [1.29, 1.82) is 0 Å². The van der Waals surface area contributed by atoms with E-state index in [1.807, 2.05) is 0 Å². The van der Waals surface area contributed by atoms with E-state index in [4.69, 9.17) is 12.2 Å². The van der Waals surface area contributed by atoms with Gasteiger partial charge in [-0.1, -0.05) is 6.07 Å². The van der Waals surface area contributed by atoms with Crippen molar-refractivity contribution < 1.29 is 13.3 Å². The number of hydrogen-bond acceptors (Lipinski definition) is 5. The van der Waals surface area contributed by atoms with Gasteiger partial charge in [0.15, 0.2) is 5.11 Å². The molecule has 0 atom stereocenters. The smallest absolute Gasteiger partial charge is 0.270 e.